The van der Waals surface area contributed by atoms with Crippen LogP contribution >= 0.6 is 22.9 Å². The van der Waals surface area contributed by atoms with Crippen molar-refractivity contribution < 1.29 is 0 Å². The number of hydrogen-bond donors (Lipinski definition) is 2. The highest BCUT2D eigenvalue weighted by Crippen LogP contribution is 2.33. The van der Waals surface area contributed by atoms with Gasteiger partial charge in [0, 0.05) is 17.8 Å². The first-order valence-electron chi connectivity index (χ1n) is 5.52. The number of nitrogens with one attached hydrogen (secondary N) is 2. The van der Waals surface area contributed by atoms with E-state index in [4.69, 9.17) is 11.6 Å². The fraction of sp³-hybridized carbons (Fsp3) is 0.167. The van der Waals surface area contributed by atoms with E-state index in [9.17, 15) is 0 Å². The lowest BCUT2D eigenvalue weighted by atomic mass is 10.2. The average Bonchev–Trinajstić information content (AvgIpc) is 3.00. The summed E-state index contributed by atoms with van der Waals surface area (Å²) in [6.45, 7) is 2.08. The highest BCUT2D eigenvalue weighted by atomic mass is 35.5. The number of H-pyrrole nitrogens is 1. The standard InChI is InChI=1S/C12H11ClN4S/c1-7(8-2-3-14-4-8)17-11-10-9(13)5-18-12(10)16-6-15-11/h2-7,14H,1H3,(H,15,16,17). The van der Waals surface area contributed by atoms with Crippen LogP contribution in [0.4, 0.5) is 5.82 Å². The van der Waals surface area contributed by atoms with Crippen LogP contribution in [-0.2, 0) is 0 Å². The third-order valence-corrected chi connectivity index (χ3v) is 4.11. The molecule has 3 heterocycles. The van der Waals surface area contributed by atoms with Crippen molar-refractivity contribution in [3.05, 3.63) is 40.8 Å². The van der Waals surface area contributed by atoms with Crippen molar-refractivity contribution in [1.29, 1.82) is 0 Å². The van der Waals surface area contributed by atoms with Gasteiger partial charge in [-0.15, -0.1) is 11.3 Å². The minimum atomic E-state index is 0.158. The third kappa shape index (κ3) is 1.95. The van der Waals surface area contributed by atoms with E-state index in [0.29, 0.717) is 5.02 Å². The van der Waals surface area contributed by atoms with E-state index >= 15 is 0 Å². The maximum absolute atomic E-state index is 6.17. The molecule has 3 rings (SSSR count). The molecule has 0 aliphatic heterocycles. The second kappa shape index (κ2) is 4.59. The number of fused-ring (bicyclic) bond motifs is 1. The molecule has 2 N–H and O–H groups in total. The van der Waals surface area contributed by atoms with Gasteiger partial charge in [-0.3, -0.25) is 0 Å². The fourth-order valence-corrected chi connectivity index (χ4v) is 2.98. The second-order valence-corrected chi connectivity index (χ2v) is 5.26. The SMILES string of the molecule is CC(Nc1ncnc2scc(Cl)c12)c1cc[nH]c1. The summed E-state index contributed by atoms with van der Waals surface area (Å²) in [6.07, 6.45) is 5.42. The minimum absolute atomic E-state index is 0.158. The van der Waals surface area contributed by atoms with Gasteiger partial charge in [0.05, 0.1) is 16.5 Å². The van der Waals surface area contributed by atoms with Gasteiger partial charge >= 0.3 is 0 Å². The van der Waals surface area contributed by atoms with Crippen molar-refractivity contribution in [3.8, 4) is 0 Å². The van der Waals surface area contributed by atoms with Crippen LogP contribution in [0, 0.1) is 0 Å². The summed E-state index contributed by atoms with van der Waals surface area (Å²) >= 11 is 7.69. The normalized spacial score (nSPS) is 12.8. The number of thiophene rings is 1. The van der Waals surface area contributed by atoms with E-state index in [1.54, 1.807) is 6.33 Å². The predicted molar refractivity (Wildman–Crippen MR) is 75.3 cm³/mol. The molecule has 0 saturated heterocycles. The summed E-state index contributed by atoms with van der Waals surface area (Å²) in [5.41, 5.74) is 1.17. The number of aromatic nitrogens is 3. The minimum Gasteiger partial charge on any atom is -0.367 e. The van der Waals surface area contributed by atoms with Gasteiger partial charge in [-0.2, -0.15) is 0 Å². The van der Waals surface area contributed by atoms with E-state index in [1.165, 1.54) is 16.9 Å². The monoisotopic (exact) mass is 278 g/mol. The van der Waals surface area contributed by atoms with Gasteiger partial charge < -0.3 is 10.3 Å². The summed E-state index contributed by atoms with van der Waals surface area (Å²) < 4.78 is 0. The molecule has 0 bridgehead atoms. The van der Waals surface area contributed by atoms with Crippen LogP contribution in [0.25, 0.3) is 10.2 Å². The number of anilines is 1. The zero-order valence-corrected chi connectivity index (χ0v) is 11.2. The zero-order valence-electron chi connectivity index (χ0n) is 9.64. The number of nitrogens with zero attached hydrogens (tertiary/aromatic N) is 2. The molecule has 0 amide bonds. The average molecular weight is 279 g/mol. The summed E-state index contributed by atoms with van der Waals surface area (Å²) in [7, 11) is 0. The van der Waals surface area contributed by atoms with Crippen LogP contribution in [0.15, 0.2) is 30.2 Å². The number of hydrogen-bond acceptors (Lipinski definition) is 4. The first-order valence-corrected chi connectivity index (χ1v) is 6.78. The summed E-state index contributed by atoms with van der Waals surface area (Å²) in [5.74, 6) is 0.778. The van der Waals surface area contributed by atoms with Crippen molar-refractivity contribution in [2.45, 2.75) is 13.0 Å². The molecule has 1 unspecified atom stereocenters. The highest BCUT2D eigenvalue weighted by Gasteiger charge is 2.13. The van der Waals surface area contributed by atoms with Crippen LogP contribution in [0.1, 0.15) is 18.5 Å². The molecule has 6 heteroatoms. The molecule has 4 nitrogen and oxygen atoms in total. The molecule has 1 atom stereocenters. The van der Waals surface area contributed by atoms with Crippen LogP contribution in [0.3, 0.4) is 0 Å². The van der Waals surface area contributed by atoms with Crippen molar-refractivity contribution in [1.82, 2.24) is 15.0 Å². The van der Waals surface area contributed by atoms with Gasteiger partial charge in [-0.05, 0) is 18.6 Å². The molecule has 0 aliphatic rings. The Kier molecular flexibility index (Phi) is 2.93. The molecule has 3 aromatic rings. The largest absolute Gasteiger partial charge is 0.367 e. The number of halogens is 1. The van der Waals surface area contributed by atoms with E-state index in [0.717, 1.165) is 16.0 Å². The Hall–Kier alpha value is -1.59. The Bertz CT molecular complexity index is 662. The van der Waals surface area contributed by atoms with Crippen molar-refractivity contribution in [2.75, 3.05) is 5.32 Å². The van der Waals surface area contributed by atoms with Crippen LogP contribution < -0.4 is 5.32 Å². The maximum Gasteiger partial charge on any atom is 0.140 e. The van der Waals surface area contributed by atoms with Gasteiger partial charge in [-0.25, -0.2) is 9.97 Å². The molecule has 0 aromatic carbocycles. The zero-order chi connectivity index (χ0) is 12.5. The van der Waals surface area contributed by atoms with Gasteiger partial charge in [0.1, 0.15) is 17.0 Å². The van der Waals surface area contributed by atoms with Gasteiger partial charge in [-0.1, -0.05) is 11.6 Å². The molecule has 18 heavy (non-hydrogen) atoms. The molecule has 0 saturated carbocycles. The Morgan fingerprint density at radius 3 is 3.11 bits per heavy atom. The lowest BCUT2D eigenvalue weighted by Crippen LogP contribution is -2.07. The maximum atomic E-state index is 6.17. The predicted octanol–water partition coefficient (Wildman–Crippen LogP) is 3.85. The quantitative estimate of drug-likeness (QED) is 0.765. The molecule has 92 valence electrons. The van der Waals surface area contributed by atoms with Crippen molar-refractivity contribution in [3.63, 3.8) is 0 Å². The van der Waals surface area contributed by atoms with Gasteiger partial charge in [0.15, 0.2) is 0 Å². The van der Waals surface area contributed by atoms with E-state index in [-0.39, 0.29) is 6.04 Å². The van der Waals surface area contributed by atoms with Crippen LogP contribution in [0.2, 0.25) is 5.02 Å². The Balaban J connectivity index is 1.97. The lowest BCUT2D eigenvalue weighted by Gasteiger charge is -2.13. The number of aromatic amines is 1. The molecular formula is C12H11ClN4S. The van der Waals surface area contributed by atoms with Crippen LogP contribution in [-0.4, -0.2) is 15.0 Å². The molecule has 3 aromatic heterocycles. The molecular weight excluding hydrogens is 268 g/mol. The van der Waals surface area contributed by atoms with Crippen molar-refractivity contribution in [2.24, 2.45) is 0 Å². The van der Waals surface area contributed by atoms with E-state index in [1.807, 2.05) is 23.8 Å². The topological polar surface area (TPSA) is 53.6 Å². The Morgan fingerprint density at radius 1 is 1.44 bits per heavy atom. The fourth-order valence-electron chi connectivity index (χ4n) is 1.84. The first-order chi connectivity index (χ1) is 8.75. The summed E-state index contributed by atoms with van der Waals surface area (Å²) in [6, 6.07) is 2.19. The Labute approximate surface area is 113 Å². The molecule has 0 radical (unpaired) electrons. The highest BCUT2D eigenvalue weighted by molar-refractivity contribution is 7.17. The smallest absolute Gasteiger partial charge is 0.140 e. The van der Waals surface area contributed by atoms with Crippen molar-refractivity contribution >= 4 is 39.0 Å². The molecule has 0 aliphatic carbocycles. The van der Waals surface area contributed by atoms with E-state index in [2.05, 4.69) is 27.2 Å². The van der Waals surface area contributed by atoms with Gasteiger partial charge in [0.2, 0.25) is 0 Å². The summed E-state index contributed by atoms with van der Waals surface area (Å²) in [4.78, 5) is 12.4. The molecule has 0 fully saturated rings. The Morgan fingerprint density at radius 2 is 2.33 bits per heavy atom. The van der Waals surface area contributed by atoms with Crippen LogP contribution in [0.5, 0.6) is 0 Å². The van der Waals surface area contributed by atoms with Gasteiger partial charge in [0.25, 0.3) is 0 Å². The first kappa shape index (κ1) is 11.5. The number of rotatable bonds is 3. The lowest BCUT2D eigenvalue weighted by molar-refractivity contribution is 0.878. The summed E-state index contributed by atoms with van der Waals surface area (Å²) in [5, 5.41) is 6.84. The third-order valence-electron chi connectivity index (χ3n) is 2.80. The molecule has 0 spiro atoms. The van der Waals surface area contributed by atoms with E-state index < -0.39 is 0 Å². The second-order valence-electron chi connectivity index (χ2n) is 4.00.